The van der Waals surface area contributed by atoms with E-state index in [-0.39, 0.29) is 24.2 Å². The number of nitrogens with one attached hydrogen (secondary N) is 3. The van der Waals surface area contributed by atoms with Gasteiger partial charge >= 0.3 is 0 Å². The Morgan fingerprint density at radius 1 is 1.26 bits per heavy atom. The Hall–Kier alpha value is -2.31. The van der Waals surface area contributed by atoms with E-state index in [0.29, 0.717) is 35.2 Å². The Morgan fingerprint density at radius 3 is 2.70 bits per heavy atom. The summed E-state index contributed by atoms with van der Waals surface area (Å²) in [7, 11) is 0. The van der Waals surface area contributed by atoms with Crippen LogP contribution in [-0.2, 0) is 4.79 Å². The molecule has 2 aromatic rings. The first-order chi connectivity index (χ1) is 12.6. The van der Waals surface area contributed by atoms with Gasteiger partial charge in [0.15, 0.2) is 0 Å². The van der Waals surface area contributed by atoms with Crippen LogP contribution in [0.3, 0.4) is 0 Å². The first-order valence-electron chi connectivity index (χ1n) is 9.06. The summed E-state index contributed by atoms with van der Waals surface area (Å²) < 4.78 is 4.91. The van der Waals surface area contributed by atoms with Crippen molar-refractivity contribution in [3.05, 3.63) is 48.4 Å². The molecule has 0 radical (unpaired) electrons. The van der Waals surface area contributed by atoms with Gasteiger partial charge in [-0.1, -0.05) is 13.0 Å². The van der Waals surface area contributed by atoms with Crippen LogP contribution in [0.1, 0.15) is 36.5 Å². The van der Waals surface area contributed by atoms with Crippen molar-refractivity contribution in [1.82, 2.24) is 5.32 Å². The lowest BCUT2D eigenvalue weighted by Gasteiger charge is -2.28. The Labute approximate surface area is 165 Å². The van der Waals surface area contributed by atoms with E-state index in [1.807, 2.05) is 6.07 Å². The number of halogens is 1. The van der Waals surface area contributed by atoms with Gasteiger partial charge in [0.2, 0.25) is 5.91 Å². The second-order valence-electron chi connectivity index (χ2n) is 6.88. The molecule has 2 amide bonds. The molecule has 1 aromatic heterocycles. The zero-order chi connectivity index (χ0) is 18.4. The number of piperidine rings is 1. The van der Waals surface area contributed by atoms with E-state index in [1.54, 1.807) is 24.3 Å². The SMILES string of the molecule is CC(CC(=O)Nc1cccc(NC(=O)c2ccoc2)c1)C1CCCNC1.Cl. The average molecular weight is 392 g/mol. The highest BCUT2D eigenvalue weighted by Gasteiger charge is 2.22. The third-order valence-corrected chi connectivity index (χ3v) is 4.83. The molecule has 0 aliphatic carbocycles. The molecule has 3 rings (SSSR count). The standard InChI is InChI=1S/C20H25N3O3.ClH/c1-14(15-4-3-8-21-12-15)10-19(24)22-17-5-2-6-18(11-17)23-20(25)16-7-9-26-13-16;/h2,5-7,9,11,13-15,21H,3-4,8,10,12H2,1H3,(H,22,24)(H,23,25);1H. The number of hydrogen-bond donors (Lipinski definition) is 3. The highest BCUT2D eigenvalue weighted by atomic mass is 35.5. The molecule has 2 unspecified atom stereocenters. The van der Waals surface area contributed by atoms with Gasteiger partial charge in [-0.05, 0) is 62.0 Å². The summed E-state index contributed by atoms with van der Waals surface area (Å²) >= 11 is 0. The minimum Gasteiger partial charge on any atom is -0.472 e. The smallest absolute Gasteiger partial charge is 0.258 e. The highest BCUT2D eigenvalue weighted by molar-refractivity contribution is 6.04. The topological polar surface area (TPSA) is 83.4 Å². The lowest BCUT2D eigenvalue weighted by atomic mass is 9.85. The molecule has 2 atom stereocenters. The Balaban J connectivity index is 0.00000261. The second kappa shape index (κ2) is 10.1. The fourth-order valence-electron chi connectivity index (χ4n) is 3.31. The van der Waals surface area contributed by atoms with Crippen molar-refractivity contribution in [2.45, 2.75) is 26.2 Å². The third kappa shape index (κ3) is 6.12. The molecule has 27 heavy (non-hydrogen) atoms. The van der Waals surface area contributed by atoms with Gasteiger partial charge in [0, 0.05) is 17.8 Å². The van der Waals surface area contributed by atoms with E-state index in [4.69, 9.17) is 4.42 Å². The van der Waals surface area contributed by atoms with Crippen molar-refractivity contribution in [2.24, 2.45) is 11.8 Å². The molecule has 2 heterocycles. The van der Waals surface area contributed by atoms with Crippen molar-refractivity contribution < 1.29 is 14.0 Å². The summed E-state index contributed by atoms with van der Waals surface area (Å²) in [5, 5.41) is 9.12. The molecule has 1 aliphatic rings. The molecule has 0 saturated carbocycles. The van der Waals surface area contributed by atoms with Gasteiger partial charge < -0.3 is 20.4 Å². The van der Waals surface area contributed by atoms with Gasteiger partial charge in [0.05, 0.1) is 11.8 Å². The molecule has 146 valence electrons. The van der Waals surface area contributed by atoms with Gasteiger partial charge in [-0.25, -0.2) is 0 Å². The number of anilines is 2. The molecule has 1 aromatic carbocycles. The third-order valence-electron chi connectivity index (χ3n) is 4.83. The normalized spacial score (nSPS) is 17.4. The summed E-state index contributed by atoms with van der Waals surface area (Å²) in [5.74, 6) is 0.642. The van der Waals surface area contributed by atoms with E-state index in [1.165, 1.54) is 25.4 Å². The fourth-order valence-corrected chi connectivity index (χ4v) is 3.31. The maximum absolute atomic E-state index is 12.4. The second-order valence-corrected chi connectivity index (χ2v) is 6.88. The van der Waals surface area contributed by atoms with E-state index in [0.717, 1.165) is 13.1 Å². The molecular formula is C20H26ClN3O3. The zero-order valence-corrected chi connectivity index (χ0v) is 16.2. The fraction of sp³-hybridized carbons (Fsp3) is 0.400. The Bertz CT molecular complexity index is 743. The largest absolute Gasteiger partial charge is 0.472 e. The van der Waals surface area contributed by atoms with Crippen LogP contribution in [0, 0.1) is 11.8 Å². The lowest BCUT2D eigenvalue weighted by Crippen LogP contribution is -2.34. The predicted octanol–water partition coefficient (Wildman–Crippen LogP) is 3.92. The quantitative estimate of drug-likeness (QED) is 0.696. The summed E-state index contributed by atoms with van der Waals surface area (Å²) in [6.07, 6.45) is 5.70. The maximum Gasteiger partial charge on any atom is 0.258 e. The number of hydrogen-bond acceptors (Lipinski definition) is 4. The summed E-state index contributed by atoms with van der Waals surface area (Å²) in [5.41, 5.74) is 1.75. The molecule has 1 fully saturated rings. The molecular weight excluding hydrogens is 366 g/mol. The van der Waals surface area contributed by atoms with Crippen LogP contribution in [0.25, 0.3) is 0 Å². The van der Waals surface area contributed by atoms with E-state index in [9.17, 15) is 9.59 Å². The number of carbonyl (C=O) groups is 2. The van der Waals surface area contributed by atoms with Crippen molar-refractivity contribution in [2.75, 3.05) is 23.7 Å². The van der Waals surface area contributed by atoms with Gasteiger partial charge in [0.25, 0.3) is 5.91 Å². The van der Waals surface area contributed by atoms with Crippen LogP contribution >= 0.6 is 12.4 Å². The lowest BCUT2D eigenvalue weighted by molar-refractivity contribution is -0.117. The van der Waals surface area contributed by atoms with Crippen LogP contribution in [0.15, 0.2) is 47.3 Å². The number of carbonyl (C=O) groups excluding carboxylic acids is 2. The minimum atomic E-state index is -0.249. The Kier molecular flexibility index (Phi) is 7.88. The van der Waals surface area contributed by atoms with Crippen molar-refractivity contribution in [3.8, 4) is 0 Å². The maximum atomic E-state index is 12.4. The van der Waals surface area contributed by atoms with Crippen LogP contribution in [0.2, 0.25) is 0 Å². The first-order valence-corrected chi connectivity index (χ1v) is 9.06. The zero-order valence-electron chi connectivity index (χ0n) is 15.4. The molecule has 6 nitrogen and oxygen atoms in total. The van der Waals surface area contributed by atoms with Crippen LogP contribution in [0.5, 0.6) is 0 Å². The van der Waals surface area contributed by atoms with Crippen LogP contribution in [0.4, 0.5) is 11.4 Å². The monoisotopic (exact) mass is 391 g/mol. The van der Waals surface area contributed by atoms with Crippen LogP contribution in [-0.4, -0.2) is 24.9 Å². The van der Waals surface area contributed by atoms with E-state index >= 15 is 0 Å². The van der Waals surface area contributed by atoms with Gasteiger partial charge in [-0.15, -0.1) is 12.4 Å². The van der Waals surface area contributed by atoms with Crippen LogP contribution < -0.4 is 16.0 Å². The van der Waals surface area contributed by atoms with Gasteiger partial charge in [-0.3, -0.25) is 9.59 Å². The van der Waals surface area contributed by atoms with Crippen molar-refractivity contribution >= 4 is 35.6 Å². The molecule has 1 aliphatic heterocycles. The van der Waals surface area contributed by atoms with E-state index < -0.39 is 0 Å². The Morgan fingerprint density at radius 2 is 2.04 bits per heavy atom. The predicted molar refractivity (Wildman–Crippen MR) is 108 cm³/mol. The summed E-state index contributed by atoms with van der Waals surface area (Å²) in [6, 6.07) is 8.75. The summed E-state index contributed by atoms with van der Waals surface area (Å²) in [4.78, 5) is 24.4. The van der Waals surface area contributed by atoms with Gasteiger partial charge in [-0.2, -0.15) is 0 Å². The molecule has 0 spiro atoms. The first kappa shape index (κ1) is 21.0. The number of benzene rings is 1. The van der Waals surface area contributed by atoms with E-state index in [2.05, 4.69) is 22.9 Å². The number of rotatable bonds is 6. The average Bonchev–Trinajstić information content (AvgIpc) is 3.17. The molecule has 7 heteroatoms. The number of furan rings is 1. The highest BCUT2D eigenvalue weighted by Crippen LogP contribution is 2.23. The minimum absolute atomic E-state index is 0. The van der Waals surface area contributed by atoms with Crippen molar-refractivity contribution in [3.63, 3.8) is 0 Å². The van der Waals surface area contributed by atoms with Gasteiger partial charge in [0.1, 0.15) is 6.26 Å². The summed E-state index contributed by atoms with van der Waals surface area (Å²) in [6.45, 7) is 4.20. The molecule has 0 bridgehead atoms. The molecule has 3 N–H and O–H groups in total. The molecule has 1 saturated heterocycles. The van der Waals surface area contributed by atoms with Crippen molar-refractivity contribution in [1.29, 1.82) is 0 Å². The number of amides is 2.